The molecule has 3 aromatic rings. The fourth-order valence-corrected chi connectivity index (χ4v) is 3.01. The van der Waals surface area contributed by atoms with Crippen LogP contribution in [0.25, 0.3) is 0 Å². The molecular weight excluding hydrogens is 444 g/mol. The van der Waals surface area contributed by atoms with Gasteiger partial charge < -0.3 is 4.74 Å². The molecule has 0 saturated heterocycles. The molecule has 0 atom stereocenters. The molecule has 3 N–H and O–H groups in total. The summed E-state index contributed by atoms with van der Waals surface area (Å²) in [4.78, 5) is 35.1. The Morgan fingerprint density at radius 2 is 1.64 bits per heavy atom. The van der Waals surface area contributed by atoms with Crippen molar-refractivity contribution in [3.63, 3.8) is 0 Å². The Labute approximate surface area is 194 Å². The summed E-state index contributed by atoms with van der Waals surface area (Å²) in [6.07, 6.45) is 0.727. The highest BCUT2D eigenvalue weighted by Crippen LogP contribution is 2.17. The van der Waals surface area contributed by atoms with E-state index in [1.807, 2.05) is 30.3 Å². The topological polar surface area (TPSA) is 123 Å². The van der Waals surface area contributed by atoms with Crippen molar-refractivity contribution >= 4 is 34.8 Å². The van der Waals surface area contributed by atoms with Crippen LogP contribution < -0.4 is 20.9 Å². The fourth-order valence-electron chi connectivity index (χ4n) is 2.87. The van der Waals surface area contributed by atoms with E-state index in [9.17, 15) is 19.7 Å². The molecule has 0 aliphatic heterocycles. The zero-order chi connectivity index (χ0) is 23.6. The standard InChI is InChI=1S/C23H20N4O5S/c28-21(17-9-6-10-18(15-17)32-14-13-16-7-2-1-3-8-16)24-23(33)26-25-22(29)19-11-4-5-12-20(19)27(30)31/h1-12,15H,13-14H2,(H,25,29)(H2,24,26,28,33). The van der Waals surface area contributed by atoms with Gasteiger partial charge in [0.05, 0.1) is 11.5 Å². The number of nitrogens with one attached hydrogen (secondary N) is 3. The lowest BCUT2D eigenvalue weighted by Crippen LogP contribution is -2.48. The lowest BCUT2D eigenvalue weighted by Gasteiger charge is -2.12. The van der Waals surface area contributed by atoms with Gasteiger partial charge in [-0.15, -0.1) is 0 Å². The molecule has 0 aliphatic carbocycles. The number of hydrogen-bond acceptors (Lipinski definition) is 6. The molecule has 3 rings (SSSR count). The van der Waals surface area contributed by atoms with Crippen molar-refractivity contribution in [1.82, 2.24) is 16.2 Å². The predicted molar refractivity (Wildman–Crippen MR) is 126 cm³/mol. The maximum Gasteiger partial charge on any atom is 0.282 e. The van der Waals surface area contributed by atoms with Gasteiger partial charge in [0.2, 0.25) is 0 Å². The van der Waals surface area contributed by atoms with Crippen molar-refractivity contribution in [3.05, 3.63) is 106 Å². The number of nitro groups is 1. The van der Waals surface area contributed by atoms with E-state index in [4.69, 9.17) is 17.0 Å². The van der Waals surface area contributed by atoms with Crippen molar-refractivity contribution in [2.75, 3.05) is 6.61 Å². The summed E-state index contributed by atoms with van der Waals surface area (Å²) in [5.74, 6) is -0.754. The first kappa shape index (κ1) is 23.4. The van der Waals surface area contributed by atoms with Crippen molar-refractivity contribution in [3.8, 4) is 5.75 Å². The minimum Gasteiger partial charge on any atom is -0.493 e. The minimum atomic E-state index is -0.771. The third kappa shape index (κ3) is 6.84. The second kappa shape index (κ2) is 11.3. The fraction of sp³-hybridized carbons (Fsp3) is 0.0870. The van der Waals surface area contributed by atoms with Crippen LogP contribution in [-0.4, -0.2) is 28.5 Å². The second-order valence-electron chi connectivity index (χ2n) is 6.75. The van der Waals surface area contributed by atoms with Gasteiger partial charge in [-0.3, -0.25) is 35.9 Å². The number of carbonyl (C=O) groups excluding carboxylic acids is 2. The first-order chi connectivity index (χ1) is 15.9. The Bertz CT molecular complexity index is 1170. The van der Waals surface area contributed by atoms with Crippen LogP contribution in [0.4, 0.5) is 5.69 Å². The van der Waals surface area contributed by atoms with Gasteiger partial charge in [-0.05, 0) is 42.0 Å². The molecule has 10 heteroatoms. The van der Waals surface area contributed by atoms with E-state index in [0.717, 1.165) is 12.0 Å². The van der Waals surface area contributed by atoms with Crippen LogP contribution in [0.15, 0.2) is 78.9 Å². The molecule has 0 spiro atoms. The largest absolute Gasteiger partial charge is 0.493 e. The highest BCUT2D eigenvalue weighted by molar-refractivity contribution is 7.80. The van der Waals surface area contributed by atoms with Gasteiger partial charge in [0.15, 0.2) is 5.11 Å². The average molecular weight is 465 g/mol. The molecule has 0 heterocycles. The average Bonchev–Trinajstić information content (AvgIpc) is 2.83. The molecule has 2 amide bonds. The molecule has 0 aliphatic rings. The molecule has 0 unspecified atom stereocenters. The summed E-state index contributed by atoms with van der Waals surface area (Å²) >= 11 is 5.02. The van der Waals surface area contributed by atoms with Gasteiger partial charge in [0.1, 0.15) is 11.3 Å². The Balaban J connectivity index is 1.50. The number of rotatable bonds is 7. The van der Waals surface area contributed by atoms with E-state index < -0.39 is 16.7 Å². The monoisotopic (exact) mass is 464 g/mol. The molecule has 33 heavy (non-hydrogen) atoms. The third-order valence-electron chi connectivity index (χ3n) is 4.46. The summed E-state index contributed by atoms with van der Waals surface area (Å²) in [6.45, 7) is 0.451. The van der Waals surface area contributed by atoms with Gasteiger partial charge >= 0.3 is 0 Å². The smallest absolute Gasteiger partial charge is 0.282 e. The number of ether oxygens (including phenoxy) is 1. The van der Waals surface area contributed by atoms with Gasteiger partial charge in [-0.25, -0.2) is 0 Å². The molecule has 168 valence electrons. The van der Waals surface area contributed by atoms with Gasteiger partial charge in [0.25, 0.3) is 17.5 Å². The normalized spacial score (nSPS) is 10.1. The van der Waals surface area contributed by atoms with Crippen molar-refractivity contribution < 1.29 is 19.2 Å². The molecule has 0 fully saturated rings. The van der Waals surface area contributed by atoms with Crippen LogP contribution in [-0.2, 0) is 6.42 Å². The summed E-state index contributed by atoms with van der Waals surface area (Å²) in [5, 5.41) is 13.3. The predicted octanol–water partition coefficient (Wildman–Crippen LogP) is 3.17. The number of carbonyl (C=O) groups is 2. The number of nitro benzene ring substituents is 1. The highest BCUT2D eigenvalue weighted by Gasteiger charge is 2.19. The minimum absolute atomic E-state index is 0.149. The first-order valence-electron chi connectivity index (χ1n) is 9.86. The van der Waals surface area contributed by atoms with Crippen LogP contribution in [0, 0.1) is 10.1 Å². The number of hydrazine groups is 1. The Kier molecular flexibility index (Phi) is 8.03. The van der Waals surface area contributed by atoms with E-state index in [0.29, 0.717) is 17.9 Å². The summed E-state index contributed by atoms with van der Waals surface area (Å²) < 4.78 is 5.72. The Morgan fingerprint density at radius 1 is 0.909 bits per heavy atom. The summed E-state index contributed by atoms with van der Waals surface area (Å²) in [6, 6.07) is 21.9. The zero-order valence-corrected chi connectivity index (χ0v) is 18.1. The molecular formula is C23H20N4O5S. The van der Waals surface area contributed by atoms with E-state index in [2.05, 4.69) is 16.2 Å². The zero-order valence-electron chi connectivity index (χ0n) is 17.3. The number of hydrogen-bond donors (Lipinski definition) is 3. The second-order valence-corrected chi connectivity index (χ2v) is 7.16. The van der Waals surface area contributed by atoms with E-state index >= 15 is 0 Å². The number of nitrogens with zero attached hydrogens (tertiary/aromatic N) is 1. The summed E-state index contributed by atoms with van der Waals surface area (Å²) in [5.41, 5.74) is 5.54. The van der Waals surface area contributed by atoms with Crippen LogP contribution in [0.1, 0.15) is 26.3 Å². The molecule has 0 radical (unpaired) electrons. The maximum absolute atomic E-state index is 12.5. The summed E-state index contributed by atoms with van der Waals surface area (Å²) in [7, 11) is 0. The molecule has 0 aromatic heterocycles. The number of amides is 2. The van der Waals surface area contributed by atoms with Crippen molar-refractivity contribution in [2.45, 2.75) is 6.42 Å². The van der Waals surface area contributed by atoms with E-state index in [1.165, 1.54) is 24.3 Å². The third-order valence-corrected chi connectivity index (χ3v) is 4.66. The number of para-hydroxylation sites is 1. The van der Waals surface area contributed by atoms with Crippen LogP contribution in [0.5, 0.6) is 5.75 Å². The lowest BCUT2D eigenvalue weighted by atomic mass is 10.2. The van der Waals surface area contributed by atoms with Crippen molar-refractivity contribution in [2.24, 2.45) is 0 Å². The van der Waals surface area contributed by atoms with Crippen LogP contribution in [0.3, 0.4) is 0 Å². The molecule has 0 bridgehead atoms. The van der Waals surface area contributed by atoms with E-state index in [-0.39, 0.29) is 16.4 Å². The highest BCUT2D eigenvalue weighted by atomic mass is 32.1. The van der Waals surface area contributed by atoms with Crippen molar-refractivity contribution in [1.29, 1.82) is 0 Å². The Hall–Kier alpha value is -4.31. The van der Waals surface area contributed by atoms with E-state index in [1.54, 1.807) is 24.3 Å². The quantitative estimate of drug-likeness (QED) is 0.279. The molecule has 9 nitrogen and oxygen atoms in total. The SMILES string of the molecule is O=C(NC(=S)NNC(=O)c1ccccc1[N+](=O)[O-])c1cccc(OCCc2ccccc2)c1. The number of thiocarbonyl (C=S) groups is 1. The lowest BCUT2D eigenvalue weighted by molar-refractivity contribution is -0.385. The van der Waals surface area contributed by atoms with Crippen LogP contribution >= 0.6 is 12.2 Å². The first-order valence-corrected chi connectivity index (χ1v) is 10.3. The number of benzene rings is 3. The van der Waals surface area contributed by atoms with Crippen LogP contribution in [0.2, 0.25) is 0 Å². The molecule has 3 aromatic carbocycles. The van der Waals surface area contributed by atoms with Gasteiger partial charge in [0, 0.05) is 18.1 Å². The van der Waals surface area contributed by atoms with Gasteiger partial charge in [-0.2, -0.15) is 0 Å². The Morgan fingerprint density at radius 3 is 2.39 bits per heavy atom. The van der Waals surface area contributed by atoms with Gasteiger partial charge in [-0.1, -0.05) is 48.5 Å². The molecule has 0 saturated carbocycles. The maximum atomic E-state index is 12.5.